The molecule has 0 saturated heterocycles. The Kier molecular flexibility index (Phi) is 3.83. The Hall–Kier alpha value is -3.68. The summed E-state index contributed by atoms with van der Waals surface area (Å²) in [5.74, 6) is 2.11. The number of nitrogens with one attached hydrogen (secondary N) is 2. The van der Waals surface area contributed by atoms with E-state index in [1.807, 2.05) is 36.4 Å². The maximum atomic E-state index is 5.93. The Morgan fingerprint density at radius 3 is 3.00 bits per heavy atom. The van der Waals surface area contributed by atoms with Gasteiger partial charge in [-0.1, -0.05) is 12.1 Å². The average molecular weight is 333 g/mol. The number of aromatic amines is 1. The molecule has 0 aliphatic carbocycles. The molecule has 2 aliphatic rings. The van der Waals surface area contributed by atoms with Crippen molar-refractivity contribution >= 4 is 17.5 Å². The van der Waals surface area contributed by atoms with Crippen LogP contribution in [0.25, 0.3) is 11.5 Å². The topological polar surface area (TPSA) is 115 Å². The van der Waals surface area contributed by atoms with Crippen LogP contribution < -0.4 is 15.8 Å². The maximum Gasteiger partial charge on any atom is 0.208 e. The minimum Gasteiger partial charge on any atom is -0.489 e. The summed E-state index contributed by atoms with van der Waals surface area (Å²) in [7, 11) is 0. The molecule has 0 fully saturated rings. The van der Waals surface area contributed by atoms with Crippen LogP contribution in [0.5, 0.6) is 5.75 Å². The SMILES string of the molecule is Nc1[nH]c(Nc2cccc(OCc3cccnc3)c2)nc2ncnc1-2. The molecule has 0 unspecified atom stereocenters. The van der Waals surface area contributed by atoms with E-state index >= 15 is 0 Å². The largest absolute Gasteiger partial charge is 0.489 e. The number of imidazole rings is 1. The number of pyridine rings is 1. The van der Waals surface area contributed by atoms with Gasteiger partial charge in [0.1, 0.15) is 30.2 Å². The van der Waals surface area contributed by atoms with Crippen molar-refractivity contribution in [3.05, 3.63) is 60.7 Å². The lowest BCUT2D eigenvalue weighted by molar-refractivity contribution is 0.306. The Morgan fingerprint density at radius 1 is 1.16 bits per heavy atom. The molecule has 4 rings (SSSR count). The van der Waals surface area contributed by atoms with Gasteiger partial charge in [-0.2, -0.15) is 4.98 Å². The Morgan fingerprint density at radius 2 is 2.12 bits per heavy atom. The molecule has 8 heteroatoms. The Balaban J connectivity index is 1.50. The minimum atomic E-state index is 0.411. The van der Waals surface area contributed by atoms with E-state index in [-0.39, 0.29) is 0 Å². The van der Waals surface area contributed by atoms with Crippen LogP contribution in [0.4, 0.5) is 17.5 Å². The van der Waals surface area contributed by atoms with Gasteiger partial charge in [0, 0.05) is 29.7 Å². The molecule has 124 valence electrons. The summed E-state index contributed by atoms with van der Waals surface area (Å²) < 4.78 is 5.79. The number of anilines is 3. The molecule has 25 heavy (non-hydrogen) atoms. The van der Waals surface area contributed by atoms with Crippen molar-refractivity contribution in [3.63, 3.8) is 0 Å². The first-order valence-electron chi connectivity index (χ1n) is 7.63. The highest BCUT2D eigenvalue weighted by molar-refractivity contribution is 5.68. The maximum absolute atomic E-state index is 5.93. The van der Waals surface area contributed by atoms with Crippen molar-refractivity contribution in [1.29, 1.82) is 0 Å². The standard InChI is InChI=1S/C17H15N7O/c18-15-14-16(21-10-20-14)24-17(23-15)22-12-4-1-5-13(7-12)25-9-11-3-2-6-19-8-11/h1-8,10H,9H2,(H4,18,20,21,22,23,24). The summed E-state index contributed by atoms with van der Waals surface area (Å²) in [5, 5.41) is 3.16. The highest BCUT2D eigenvalue weighted by atomic mass is 16.5. The highest BCUT2D eigenvalue weighted by Crippen LogP contribution is 2.25. The molecule has 0 bridgehead atoms. The number of rotatable bonds is 5. The summed E-state index contributed by atoms with van der Waals surface area (Å²) in [6.45, 7) is 0.448. The van der Waals surface area contributed by atoms with Crippen molar-refractivity contribution < 1.29 is 4.74 Å². The summed E-state index contributed by atoms with van der Waals surface area (Å²) in [5.41, 5.74) is 8.30. The monoisotopic (exact) mass is 333 g/mol. The van der Waals surface area contributed by atoms with Gasteiger partial charge in [0.15, 0.2) is 5.82 Å². The lowest BCUT2D eigenvalue weighted by Gasteiger charge is -2.11. The lowest BCUT2D eigenvalue weighted by Crippen LogP contribution is -2.04. The van der Waals surface area contributed by atoms with Gasteiger partial charge in [0.25, 0.3) is 0 Å². The highest BCUT2D eigenvalue weighted by Gasteiger charge is 2.13. The first kappa shape index (κ1) is 14.9. The van der Waals surface area contributed by atoms with Crippen LogP contribution in [-0.2, 0) is 6.61 Å². The third-order valence-corrected chi connectivity index (χ3v) is 3.53. The molecular weight excluding hydrogens is 318 g/mol. The van der Waals surface area contributed by atoms with E-state index in [0.29, 0.717) is 29.9 Å². The molecule has 2 aromatic rings. The lowest BCUT2D eigenvalue weighted by atomic mass is 10.3. The number of hydrogen-bond donors (Lipinski definition) is 3. The molecule has 0 radical (unpaired) electrons. The second-order valence-electron chi connectivity index (χ2n) is 5.35. The fraction of sp³-hybridized carbons (Fsp3) is 0.0588. The van der Waals surface area contributed by atoms with Gasteiger partial charge in [-0.25, -0.2) is 9.97 Å². The van der Waals surface area contributed by atoms with Gasteiger partial charge in [-0.3, -0.25) is 4.98 Å². The summed E-state index contributed by atoms with van der Waals surface area (Å²) in [4.78, 5) is 19.5. The van der Waals surface area contributed by atoms with E-state index in [2.05, 4.69) is 30.2 Å². The Labute approximate surface area is 143 Å². The zero-order valence-corrected chi connectivity index (χ0v) is 13.2. The van der Waals surface area contributed by atoms with Crippen molar-refractivity contribution in [2.24, 2.45) is 0 Å². The molecule has 1 aromatic heterocycles. The molecule has 0 amide bonds. The number of benzene rings is 1. The van der Waals surface area contributed by atoms with Crippen molar-refractivity contribution in [1.82, 2.24) is 24.9 Å². The molecular formula is C17H15N7O. The van der Waals surface area contributed by atoms with Crippen LogP contribution in [0.15, 0.2) is 55.1 Å². The van der Waals surface area contributed by atoms with E-state index in [4.69, 9.17) is 10.5 Å². The van der Waals surface area contributed by atoms with Crippen molar-refractivity contribution in [2.45, 2.75) is 6.61 Å². The van der Waals surface area contributed by atoms with Crippen LogP contribution in [0.3, 0.4) is 0 Å². The van der Waals surface area contributed by atoms with Crippen LogP contribution >= 0.6 is 0 Å². The zero-order valence-electron chi connectivity index (χ0n) is 13.2. The molecule has 3 heterocycles. The van der Waals surface area contributed by atoms with Crippen LogP contribution in [0.2, 0.25) is 0 Å². The van der Waals surface area contributed by atoms with Crippen LogP contribution in [0, 0.1) is 0 Å². The fourth-order valence-corrected chi connectivity index (χ4v) is 2.36. The average Bonchev–Trinajstić information content (AvgIpc) is 3.10. The minimum absolute atomic E-state index is 0.411. The number of ether oxygens (including phenoxy) is 1. The third kappa shape index (κ3) is 3.32. The van der Waals surface area contributed by atoms with E-state index in [1.54, 1.807) is 12.4 Å². The number of aromatic nitrogens is 5. The number of H-pyrrole nitrogens is 1. The van der Waals surface area contributed by atoms with Crippen LogP contribution in [-0.4, -0.2) is 24.9 Å². The molecule has 8 nitrogen and oxygen atoms in total. The van der Waals surface area contributed by atoms with Gasteiger partial charge >= 0.3 is 0 Å². The molecule has 4 N–H and O–H groups in total. The van der Waals surface area contributed by atoms with E-state index in [1.165, 1.54) is 6.33 Å². The number of nitrogens with zero attached hydrogens (tertiary/aromatic N) is 4. The van der Waals surface area contributed by atoms with E-state index in [9.17, 15) is 0 Å². The second-order valence-corrected chi connectivity index (χ2v) is 5.35. The number of nitrogens with two attached hydrogens (primary N) is 1. The second kappa shape index (κ2) is 6.44. The van der Waals surface area contributed by atoms with Crippen LogP contribution in [0.1, 0.15) is 5.56 Å². The normalized spacial score (nSPS) is 10.7. The third-order valence-electron chi connectivity index (χ3n) is 3.53. The van der Waals surface area contributed by atoms with E-state index in [0.717, 1.165) is 17.0 Å². The van der Waals surface area contributed by atoms with Crippen molar-refractivity contribution in [3.8, 4) is 17.3 Å². The zero-order chi connectivity index (χ0) is 17.1. The van der Waals surface area contributed by atoms with Gasteiger partial charge in [0.05, 0.1) is 0 Å². The smallest absolute Gasteiger partial charge is 0.208 e. The van der Waals surface area contributed by atoms with Gasteiger partial charge in [-0.15, -0.1) is 0 Å². The molecule has 0 saturated carbocycles. The summed E-state index contributed by atoms with van der Waals surface area (Å²) in [6, 6.07) is 11.4. The Bertz CT molecular complexity index is 954. The van der Waals surface area contributed by atoms with E-state index < -0.39 is 0 Å². The van der Waals surface area contributed by atoms with Crippen molar-refractivity contribution in [2.75, 3.05) is 11.1 Å². The molecule has 2 aliphatic heterocycles. The molecule has 1 aromatic carbocycles. The molecule has 0 atom stereocenters. The quantitative estimate of drug-likeness (QED) is 0.514. The summed E-state index contributed by atoms with van der Waals surface area (Å²) >= 11 is 0. The predicted octanol–water partition coefficient (Wildman–Crippen LogP) is 2.60. The predicted molar refractivity (Wildman–Crippen MR) is 93.5 cm³/mol. The number of nitrogen functional groups attached to an aromatic ring is 1. The number of fused-ring (bicyclic) bond motifs is 1. The number of hydrogen-bond acceptors (Lipinski definition) is 7. The molecule has 0 spiro atoms. The fourth-order valence-electron chi connectivity index (χ4n) is 2.36. The first-order chi connectivity index (χ1) is 12.3. The first-order valence-corrected chi connectivity index (χ1v) is 7.63. The summed E-state index contributed by atoms with van der Waals surface area (Å²) in [6.07, 6.45) is 4.94. The van der Waals surface area contributed by atoms with Gasteiger partial charge in [0.2, 0.25) is 5.95 Å². The van der Waals surface area contributed by atoms with Gasteiger partial charge in [-0.05, 0) is 18.2 Å². The van der Waals surface area contributed by atoms with Gasteiger partial charge < -0.3 is 20.8 Å².